The fraction of sp³-hybridized carbons (Fsp3) is 0.143. The van der Waals surface area contributed by atoms with Crippen molar-refractivity contribution >= 4 is 28.4 Å². The molecule has 10 heteroatoms. The highest BCUT2D eigenvalue weighted by molar-refractivity contribution is 6.01. The molecule has 5 aromatic rings. The van der Waals surface area contributed by atoms with Crippen LogP contribution in [0.5, 0.6) is 0 Å². The zero-order valence-corrected chi connectivity index (χ0v) is 20.4. The first-order valence-corrected chi connectivity index (χ1v) is 11.7. The first kappa shape index (κ1) is 24.9. The van der Waals surface area contributed by atoms with Crippen LogP contribution in [-0.2, 0) is 0 Å². The third-order valence-corrected chi connectivity index (χ3v) is 6.16. The van der Waals surface area contributed by atoms with E-state index < -0.39 is 23.7 Å². The fourth-order valence-electron chi connectivity index (χ4n) is 4.50. The molecule has 0 radical (unpaired) electrons. The Morgan fingerprint density at radius 2 is 1.84 bits per heavy atom. The third kappa shape index (κ3) is 4.68. The summed E-state index contributed by atoms with van der Waals surface area (Å²) in [6.07, 6.45) is -0.262. The van der Waals surface area contributed by atoms with E-state index in [1.807, 2.05) is 0 Å². The van der Waals surface area contributed by atoms with Crippen molar-refractivity contribution in [2.24, 2.45) is 0 Å². The maximum atomic E-state index is 13.9. The number of amides is 1. The third-order valence-electron chi connectivity index (χ3n) is 6.16. The molecule has 0 aliphatic rings. The van der Waals surface area contributed by atoms with E-state index in [0.29, 0.717) is 33.7 Å². The van der Waals surface area contributed by atoms with Crippen molar-refractivity contribution in [1.29, 1.82) is 0 Å². The molecule has 0 saturated carbocycles. The smallest absolute Gasteiger partial charge is 0.344 e. The lowest BCUT2D eigenvalue weighted by Crippen LogP contribution is -2.32. The lowest BCUT2D eigenvalue weighted by Gasteiger charge is -2.21. The summed E-state index contributed by atoms with van der Waals surface area (Å²) >= 11 is 0. The van der Waals surface area contributed by atoms with E-state index >= 15 is 0 Å². The molecule has 192 valence electrons. The number of para-hydroxylation sites is 1. The van der Waals surface area contributed by atoms with Gasteiger partial charge in [-0.3, -0.25) is 14.2 Å². The van der Waals surface area contributed by atoms with Crippen LogP contribution in [0.2, 0.25) is 0 Å². The van der Waals surface area contributed by atoms with Gasteiger partial charge in [0.1, 0.15) is 5.56 Å². The number of aryl methyl sites for hydroxylation is 1. The minimum Gasteiger partial charge on any atom is -0.344 e. The number of allylic oxidation sites excluding steroid dienone is 1. The lowest BCUT2D eigenvalue weighted by atomic mass is 10.0. The van der Waals surface area contributed by atoms with Gasteiger partial charge in [0.15, 0.2) is 5.65 Å². The summed E-state index contributed by atoms with van der Waals surface area (Å²) < 4.78 is 41.6. The number of halogens is 3. The predicted octanol–water partition coefficient (Wildman–Crippen LogP) is 5.41. The van der Waals surface area contributed by atoms with Gasteiger partial charge < -0.3 is 5.32 Å². The van der Waals surface area contributed by atoms with E-state index in [9.17, 15) is 22.8 Å². The highest BCUT2D eigenvalue weighted by Crippen LogP contribution is 2.26. The first-order chi connectivity index (χ1) is 18.1. The van der Waals surface area contributed by atoms with Gasteiger partial charge in [-0.25, -0.2) is 9.50 Å². The fourth-order valence-corrected chi connectivity index (χ4v) is 4.50. The van der Waals surface area contributed by atoms with Crippen molar-refractivity contribution < 1.29 is 18.0 Å². The molecule has 2 aromatic carbocycles. The van der Waals surface area contributed by atoms with Crippen LogP contribution < -0.4 is 10.9 Å². The van der Waals surface area contributed by atoms with Gasteiger partial charge in [-0.2, -0.15) is 18.3 Å². The largest absolute Gasteiger partial charge is 0.409 e. The van der Waals surface area contributed by atoms with E-state index in [0.717, 1.165) is 6.08 Å². The summed E-state index contributed by atoms with van der Waals surface area (Å²) in [5.41, 5.74) is 1.82. The van der Waals surface area contributed by atoms with Crippen LogP contribution >= 0.6 is 0 Å². The molecule has 0 aliphatic heterocycles. The number of hydrogen-bond acceptors (Lipinski definition) is 4. The molecule has 0 unspecified atom stereocenters. The van der Waals surface area contributed by atoms with Crippen LogP contribution in [-0.4, -0.2) is 31.2 Å². The number of nitrogens with zero attached hydrogens (tertiary/aromatic N) is 4. The number of aromatic nitrogens is 4. The van der Waals surface area contributed by atoms with Crippen molar-refractivity contribution in [2.45, 2.75) is 26.1 Å². The molecule has 0 spiro atoms. The molecule has 0 saturated heterocycles. The van der Waals surface area contributed by atoms with Gasteiger partial charge in [-0.15, -0.1) is 0 Å². The number of benzene rings is 2. The van der Waals surface area contributed by atoms with Crippen LogP contribution in [0.15, 0.2) is 83.9 Å². The van der Waals surface area contributed by atoms with Gasteiger partial charge in [-0.05, 0) is 55.1 Å². The second-order valence-electron chi connectivity index (χ2n) is 8.78. The van der Waals surface area contributed by atoms with Crippen LogP contribution in [0.4, 0.5) is 13.2 Å². The maximum absolute atomic E-state index is 13.9. The van der Waals surface area contributed by atoms with Gasteiger partial charge in [0.25, 0.3) is 11.5 Å². The molecular weight excluding hydrogens is 495 g/mol. The van der Waals surface area contributed by atoms with Crippen LogP contribution in [0, 0.1) is 6.92 Å². The average molecular weight is 518 g/mol. The summed E-state index contributed by atoms with van der Waals surface area (Å²) in [5, 5.41) is 7.86. The molecule has 1 atom stereocenters. The van der Waals surface area contributed by atoms with Gasteiger partial charge in [0, 0.05) is 29.9 Å². The number of carbonyl (C=O) groups is 1. The van der Waals surface area contributed by atoms with Crippen LogP contribution in [0.25, 0.3) is 28.2 Å². The lowest BCUT2D eigenvalue weighted by molar-refractivity contribution is -0.0790. The summed E-state index contributed by atoms with van der Waals surface area (Å²) in [4.78, 5) is 31.5. The van der Waals surface area contributed by atoms with Crippen molar-refractivity contribution in [3.8, 4) is 5.69 Å². The minimum absolute atomic E-state index is 0.109. The van der Waals surface area contributed by atoms with Crippen molar-refractivity contribution in [3.05, 3.63) is 112 Å². The number of nitrogens with one attached hydrogen (secondary N) is 1. The van der Waals surface area contributed by atoms with Crippen molar-refractivity contribution in [1.82, 2.24) is 24.5 Å². The van der Waals surface area contributed by atoms with Crippen molar-refractivity contribution in [3.63, 3.8) is 0 Å². The first-order valence-electron chi connectivity index (χ1n) is 11.7. The number of hydrogen-bond donors (Lipinski definition) is 1. The topological polar surface area (TPSA) is 81.3 Å². The molecular formula is C28H22F3N5O2. The summed E-state index contributed by atoms with van der Waals surface area (Å²) in [6, 6.07) is 16.2. The normalized spacial score (nSPS) is 12.9. The summed E-state index contributed by atoms with van der Waals surface area (Å²) in [5.74, 6) is -0.419. The van der Waals surface area contributed by atoms with E-state index in [1.54, 1.807) is 80.8 Å². The van der Waals surface area contributed by atoms with Gasteiger partial charge in [0.2, 0.25) is 0 Å². The number of pyridine rings is 1. The number of carbonyl (C=O) groups excluding carboxylic acids is 1. The zero-order valence-electron chi connectivity index (χ0n) is 20.4. The zero-order chi connectivity index (χ0) is 27.0. The molecule has 3 aromatic heterocycles. The molecule has 38 heavy (non-hydrogen) atoms. The second kappa shape index (κ2) is 9.62. The predicted molar refractivity (Wildman–Crippen MR) is 138 cm³/mol. The molecule has 0 aliphatic carbocycles. The molecule has 1 amide bonds. The maximum Gasteiger partial charge on any atom is 0.409 e. The quantitative estimate of drug-likeness (QED) is 0.338. The van der Waals surface area contributed by atoms with E-state index in [2.05, 4.69) is 15.4 Å². The van der Waals surface area contributed by atoms with E-state index in [4.69, 9.17) is 0 Å². The molecule has 3 heterocycles. The standard InChI is InChI=1S/C28H22F3N5O2/c1-17(33-26(37)23-18(2)34-35-15-7-14-32-25(23)35)22-16-20-9-6-8-19(12-13-28(29,30)31)24(20)27(38)36(22)21-10-4-3-5-11-21/h3-17H,1-2H3,(H,33,37)/b13-12+/t17-/m0/s1. The number of alkyl halides is 3. The van der Waals surface area contributed by atoms with Gasteiger partial charge >= 0.3 is 6.18 Å². The minimum atomic E-state index is -4.52. The molecule has 0 fully saturated rings. The molecule has 5 rings (SSSR count). The Bertz CT molecular complexity index is 1750. The van der Waals surface area contributed by atoms with Gasteiger partial charge in [0.05, 0.1) is 17.1 Å². The summed E-state index contributed by atoms with van der Waals surface area (Å²) in [7, 11) is 0. The average Bonchev–Trinajstić information content (AvgIpc) is 3.23. The van der Waals surface area contributed by atoms with Gasteiger partial charge in [-0.1, -0.05) is 36.4 Å². The highest BCUT2D eigenvalue weighted by atomic mass is 19.4. The Kier molecular flexibility index (Phi) is 6.31. The molecule has 0 bridgehead atoms. The second-order valence-corrected chi connectivity index (χ2v) is 8.78. The Hall–Kier alpha value is -4.73. The molecule has 1 N–H and O–H groups in total. The number of fused-ring (bicyclic) bond motifs is 2. The Balaban J connectivity index is 1.65. The summed E-state index contributed by atoms with van der Waals surface area (Å²) in [6.45, 7) is 3.44. The van der Waals surface area contributed by atoms with E-state index in [-0.39, 0.29) is 17.0 Å². The number of rotatable bonds is 5. The van der Waals surface area contributed by atoms with Crippen LogP contribution in [0.3, 0.4) is 0 Å². The highest BCUT2D eigenvalue weighted by Gasteiger charge is 2.24. The van der Waals surface area contributed by atoms with Crippen LogP contribution in [0.1, 0.15) is 40.3 Å². The monoisotopic (exact) mass is 517 g/mol. The van der Waals surface area contributed by atoms with E-state index in [1.165, 1.54) is 15.1 Å². The Labute approximate surface area is 214 Å². The SMILES string of the molecule is Cc1nn2cccnc2c1C(=O)N[C@@H](C)c1cc2cccc(/C=C/C(F)(F)F)c2c(=O)n1-c1ccccc1. The Morgan fingerprint density at radius 3 is 2.58 bits per heavy atom. The Morgan fingerprint density at radius 1 is 1.08 bits per heavy atom. The van der Waals surface area contributed by atoms with Crippen molar-refractivity contribution in [2.75, 3.05) is 0 Å². The molecule has 7 nitrogen and oxygen atoms in total.